The third-order valence-electron chi connectivity index (χ3n) is 5.21. The Morgan fingerprint density at radius 2 is 1.96 bits per heavy atom. The minimum absolute atomic E-state index is 0.276. The van der Waals surface area contributed by atoms with Crippen molar-refractivity contribution in [2.45, 2.75) is 25.5 Å². The van der Waals surface area contributed by atoms with Gasteiger partial charge in [-0.15, -0.1) is 0 Å². The van der Waals surface area contributed by atoms with E-state index in [9.17, 15) is 5.11 Å². The van der Waals surface area contributed by atoms with E-state index >= 15 is 0 Å². The van der Waals surface area contributed by atoms with Crippen LogP contribution in [0.25, 0.3) is 0 Å². The van der Waals surface area contributed by atoms with Gasteiger partial charge < -0.3 is 19.1 Å². The zero-order valence-electron chi connectivity index (χ0n) is 14.6. The van der Waals surface area contributed by atoms with Crippen molar-refractivity contribution in [3.8, 4) is 11.5 Å². The predicted octanol–water partition coefficient (Wildman–Crippen LogP) is 2.14. The van der Waals surface area contributed by atoms with Crippen LogP contribution < -0.4 is 9.47 Å². The van der Waals surface area contributed by atoms with Crippen molar-refractivity contribution >= 4 is 0 Å². The second-order valence-corrected chi connectivity index (χ2v) is 6.93. The lowest BCUT2D eigenvalue weighted by atomic mass is 9.90. The van der Waals surface area contributed by atoms with Gasteiger partial charge in [-0.2, -0.15) is 0 Å². The SMILES string of the molecule is Cn1ccnc1[C@H](O)C1CCN(Cc2ccc3c(c2)OCCO3)CC1. The highest BCUT2D eigenvalue weighted by atomic mass is 16.6. The number of aryl methyl sites for hydroxylation is 1. The van der Waals surface area contributed by atoms with E-state index in [1.54, 1.807) is 6.20 Å². The number of aromatic nitrogens is 2. The van der Waals surface area contributed by atoms with Crippen LogP contribution >= 0.6 is 0 Å². The van der Waals surface area contributed by atoms with Crippen LogP contribution in [0.15, 0.2) is 30.6 Å². The fourth-order valence-electron chi connectivity index (χ4n) is 3.74. The van der Waals surface area contributed by atoms with Crippen LogP contribution in [-0.2, 0) is 13.6 Å². The van der Waals surface area contributed by atoms with E-state index in [1.807, 2.05) is 23.9 Å². The van der Waals surface area contributed by atoms with E-state index in [1.165, 1.54) is 5.56 Å². The molecule has 134 valence electrons. The van der Waals surface area contributed by atoms with E-state index in [0.717, 1.165) is 49.8 Å². The van der Waals surface area contributed by atoms with Crippen molar-refractivity contribution in [3.63, 3.8) is 0 Å². The number of hydrogen-bond donors (Lipinski definition) is 1. The number of likely N-dealkylation sites (tertiary alicyclic amines) is 1. The number of nitrogens with zero attached hydrogens (tertiary/aromatic N) is 3. The first-order valence-corrected chi connectivity index (χ1v) is 8.97. The van der Waals surface area contributed by atoms with E-state index in [0.29, 0.717) is 13.2 Å². The molecule has 1 atom stereocenters. The topological polar surface area (TPSA) is 59.8 Å². The summed E-state index contributed by atoms with van der Waals surface area (Å²) < 4.78 is 13.2. The van der Waals surface area contributed by atoms with E-state index in [-0.39, 0.29) is 5.92 Å². The van der Waals surface area contributed by atoms with E-state index in [4.69, 9.17) is 9.47 Å². The third-order valence-corrected chi connectivity index (χ3v) is 5.21. The monoisotopic (exact) mass is 343 g/mol. The molecule has 1 aromatic carbocycles. The standard InChI is InChI=1S/C19H25N3O3/c1-21-9-6-20-19(21)18(23)15-4-7-22(8-5-15)13-14-2-3-16-17(12-14)25-11-10-24-16/h2-3,6,9,12,15,18,23H,4-5,7-8,10-11,13H2,1H3/t18-/m1/s1. The summed E-state index contributed by atoms with van der Waals surface area (Å²) in [5.74, 6) is 2.73. The summed E-state index contributed by atoms with van der Waals surface area (Å²) in [5.41, 5.74) is 1.24. The van der Waals surface area contributed by atoms with Crippen molar-refractivity contribution in [2.75, 3.05) is 26.3 Å². The molecule has 0 unspecified atom stereocenters. The number of piperidine rings is 1. The molecule has 3 heterocycles. The summed E-state index contributed by atoms with van der Waals surface area (Å²) in [5, 5.41) is 10.6. The first kappa shape index (κ1) is 16.4. The van der Waals surface area contributed by atoms with Gasteiger partial charge in [0, 0.05) is 26.0 Å². The number of imidazole rings is 1. The van der Waals surface area contributed by atoms with Crippen molar-refractivity contribution in [1.82, 2.24) is 14.5 Å². The molecule has 1 aromatic heterocycles. The molecule has 1 N–H and O–H groups in total. The Kier molecular flexibility index (Phi) is 4.63. The molecule has 0 radical (unpaired) electrons. The summed E-state index contributed by atoms with van der Waals surface area (Å²) in [6.07, 6.45) is 5.12. The van der Waals surface area contributed by atoms with Crippen LogP contribution in [0.3, 0.4) is 0 Å². The van der Waals surface area contributed by atoms with Crippen molar-refractivity contribution < 1.29 is 14.6 Å². The molecule has 1 fully saturated rings. The van der Waals surface area contributed by atoms with Crippen LogP contribution in [0.5, 0.6) is 11.5 Å². The van der Waals surface area contributed by atoms with Gasteiger partial charge in [-0.25, -0.2) is 4.98 Å². The Labute approximate surface area is 148 Å². The summed E-state index contributed by atoms with van der Waals surface area (Å²) in [6.45, 7) is 4.12. The highest BCUT2D eigenvalue weighted by molar-refractivity contribution is 5.43. The van der Waals surface area contributed by atoms with Gasteiger partial charge in [-0.3, -0.25) is 4.90 Å². The first-order valence-electron chi connectivity index (χ1n) is 8.97. The molecule has 4 rings (SSSR count). The second kappa shape index (κ2) is 7.06. The summed E-state index contributed by atoms with van der Waals surface area (Å²) in [6, 6.07) is 6.20. The summed E-state index contributed by atoms with van der Waals surface area (Å²) in [7, 11) is 1.93. The quantitative estimate of drug-likeness (QED) is 0.922. The van der Waals surface area contributed by atoms with Crippen LogP contribution in [-0.4, -0.2) is 45.9 Å². The molecule has 25 heavy (non-hydrogen) atoms. The molecule has 0 amide bonds. The second-order valence-electron chi connectivity index (χ2n) is 6.93. The zero-order valence-corrected chi connectivity index (χ0v) is 14.6. The Bertz CT molecular complexity index is 722. The van der Waals surface area contributed by atoms with Crippen LogP contribution in [0, 0.1) is 5.92 Å². The highest BCUT2D eigenvalue weighted by Crippen LogP contribution is 2.33. The molecule has 2 aromatic rings. The molecule has 6 heteroatoms. The number of aliphatic hydroxyl groups excluding tert-OH is 1. The normalized spacial score (nSPS) is 19.8. The van der Waals surface area contributed by atoms with E-state index in [2.05, 4.69) is 22.0 Å². The Hall–Kier alpha value is -2.05. The largest absolute Gasteiger partial charge is 0.486 e. The third kappa shape index (κ3) is 3.50. The van der Waals surface area contributed by atoms with Gasteiger partial charge in [-0.05, 0) is 49.5 Å². The Balaban J connectivity index is 1.34. The molecular formula is C19H25N3O3. The fourth-order valence-corrected chi connectivity index (χ4v) is 3.74. The molecule has 2 aliphatic rings. The number of ether oxygens (including phenoxy) is 2. The van der Waals surface area contributed by atoms with Gasteiger partial charge in [0.05, 0.1) is 0 Å². The molecule has 0 aliphatic carbocycles. The summed E-state index contributed by atoms with van der Waals surface area (Å²) in [4.78, 5) is 6.73. The van der Waals surface area contributed by atoms with Crippen molar-refractivity contribution in [3.05, 3.63) is 42.0 Å². The molecule has 2 aliphatic heterocycles. The molecule has 1 saturated heterocycles. The van der Waals surface area contributed by atoms with Gasteiger partial charge in [0.2, 0.25) is 0 Å². The first-order chi connectivity index (χ1) is 12.2. The molecule has 6 nitrogen and oxygen atoms in total. The minimum atomic E-state index is -0.476. The van der Waals surface area contributed by atoms with Crippen molar-refractivity contribution in [1.29, 1.82) is 0 Å². The lowest BCUT2D eigenvalue weighted by Gasteiger charge is -2.34. The van der Waals surface area contributed by atoms with Gasteiger partial charge >= 0.3 is 0 Å². The number of rotatable bonds is 4. The molecule has 0 saturated carbocycles. The molecule has 0 spiro atoms. The zero-order chi connectivity index (χ0) is 17.2. The maximum Gasteiger partial charge on any atom is 0.161 e. The average molecular weight is 343 g/mol. The van der Waals surface area contributed by atoms with Gasteiger partial charge in [0.25, 0.3) is 0 Å². The smallest absolute Gasteiger partial charge is 0.161 e. The van der Waals surface area contributed by atoms with Gasteiger partial charge in [0.1, 0.15) is 25.1 Å². The van der Waals surface area contributed by atoms with Crippen LogP contribution in [0.1, 0.15) is 30.3 Å². The van der Waals surface area contributed by atoms with Gasteiger partial charge in [-0.1, -0.05) is 6.07 Å². The summed E-state index contributed by atoms with van der Waals surface area (Å²) >= 11 is 0. The lowest BCUT2D eigenvalue weighted by molar-refractivity contribution is 0.0492. The number of fused-ring (bicyclic) bond motifs is 1. The maximum absolute atomic E-state index is 10.6. The molecule has 0 bridgehead atoms. The fraction of sp³-hybridized carbons (Fsp3) is 0.526. The lowest BCUT2D eigenvalue weighted by Crippen LogP contribution is -2.35. The predicted molar refractivity (Wildman–Crippen MR) is 93.6 cm³/mol. The minimum Gasteiger partial charge on any atom is -0.486 e. The van der Waals surface area contributed by atoms with E-state index < -0.39 is 6.10 Å². The molecular weight excluding hydrogens is 318 g/mol. The number of aliphatic hydroxyl groups is 1. The highest BCUT2D eigenvalue weighted by Gasteiger charge is 2.28. The van der Waals surface area contributed by atoms with Gasteiger partial charge in [0.15, 0.2) is 11.5 Å². The number of hydrogen-bond acceptors (Lipinski definition) is 5. The maximum atomic E-state index is 10.6. The number of benzene rings is 1. The van der Waals surface area contributed by atoms with Crippen LogP contribution in [0.2, 0.25) is 0 Å². The van der Waals surface area contributed by atoms with Crippen molar-refractivity contribution in [2.24, 2.45) is 13.0 Å². The van der Waals surface area contributed by atoms with Crippen LogP contribution in [0.4, 0.5) is 0 Å². The Morgan fingerprint density at radius 3 is 2.68 bits per heavy atom. The average Bonchev–Trinajstić information content (AvgIpc) is 3.08. The Morgan fingerprint density at radius 1 is 1.20 bits per heavy atom.